The van der Waals surface area contributed by atoms with Gasteiger partial charge in [0.25, 0.3) is 5.97 Å². The van der Waals surface area contributed by atoms with Gasteiger partial charge in [-0.1, -0.05) is 6.08 Å². The minimum atomic E-state index is -0.833. The summed E-state index contributed by atoms with van der Waals surface area (Å²) in [5, 5.41) is 15.7. The highest BCUT2D eigenvalue weighted by Gasteiger charge is 2.11. The van der Waals surface area contributed by atoms with E-state index >= 15 is 0 Å². The van der Waals surface area contributed by atoms with Gasteiger partial charge in [-0.15, -0.1) is 6.58 Å². The Balaban J connectivity index is -0.000000249. The molecule has 0 saturated heterocycles. The molecule has 0 spiro atoms. The number of nitrogens with two attached hydrogens (primary N) is 1. The number of nitrogens with zero attached hydrogens (tertiary/aromatic N) is 3. The molecular weight excluding hydrogens is 276 g/mol. The molecule has 0 saturated carbocycles. The fourth-order valence-corrected chi connectivity index (χ4v) is 0.520. The number of guanidine groups is 1. The summed E-state index contributed by atoms with van der Waals surface area (Å²) in [6, 6.07) is -0.380. The van der Waals surface area contributed by atoms with Crippen molar-refractivity contribution in [3.8, 4) is 0 Å². The molecule has 0 bridgehead atoms. The van der Waals surface area contributed by atoms with E-state index in [1.165, 1.54) is 0 Å². The third-order valence-electron chi connectivity index (χ3n) is 1.97. The topological polar surface area (TPSA) is 119 Å². The highest BCUT2D eigenvalue weighted by atomic mass is 16.4. The van der Waals surface area contributed by atoms with Crippen molar-refractivity contribution in [2.45, 2.75) is 19.9 Å². The molecule has 0 aromatic heterocycles. The third-order valence-corrected chi connectivity index (χ3v) is 1.97. The van der Waals surface area contributed by atoms with Crippen molar-refractivity contribution in [1.82, 2.24) is 9.80 Å². The molecule has 1 atom stereocenters. The summed E-state index contributed by atoms with van der Waals surface area (Å²) in [4.78, 5) is 26.4. The number of likely N-dealkylation sites (N-methyl/N-ethyl adjacent to an activating group) is 1. The van der Waals surface area contributed by atoms with Crippen LogP contribution in [0.5, 0.6) is 0 Å². The largest absolute Gasteiger partial charge is 0.481 e. The van der Waals surface area contributed by atoms with Crippen molar-refractivity contribution >= 4 is 17.9 Å². The minimum Gasteiger partial charge on any atom is -0.481 e. The Bertz CT molecular complexity index is 337. The van der Waals surface area contributed by atoms with E-state index < -0.39 is 11.9 Å². The Labute approximate surface area is 126 Å². The van der Waals surface area contributed by atoms with E-state index in [0.717, 1.165) is 6.92 Å². The maximum absolute atomic E-state index is 10.1. The van der Waals surface area contributed by atoms with E-state index in [0.29, 0.717) is 12.5 Å². The normalized spacial score (nSPS) is 11.3. The quantitative estimate of drug-likeness (QED) is 0.384. The fraction of sp³-hybridized carbons (Fsp3) is 0.615. The average molecular weight is 304 g/mol. The summed E-state index contributed by atoms with van der Waals surface area (Å²) < 4.78 is 0. The zero-order chi connectivity index (χ0) is 17.6. The third kappa shape index (κ3) is 23.4. The van der Waals surface area contributed by atoms with E-state index in [1.54, 1.807) is 36.9 Å². The van der Waals surface area contributed by atoms with E-state index in [4.69, 9.17) is 20.7 Å². The SMILES string of the molecule is C=CCN=C(N)N(C)C.CC(=O)O.CC(C(=O)O)N(C)C. The minimum absolute atomic E-state index is 0.380. The van der Waals surface area contributed by atoms with Gasteiger partial charge in [-0.2, -0.15) is 0 Å². The molecular formula is C13H28N4O4. The lowest BCUT2D eigenvalue weighted by molar-refractivity contribution is -0.141. The van der Waals surface area contributed by atoms with Crippen molar-refractivity contribution < 1.29 is 19.8 Å². The first kappa shape index (κ1) is 24.0. The van der Waals surface area contributed by atoms with Gasteiger partial charge in [-0.25, -0.2) is 4.99 Å². The molecule has 4 N–H and O–H groups in total. The molecule has 0 aliphatic heterocycles. The molecule has 0 aliphatic rings. The van der Waals surface area contributed by atoms with Gasteiger partial charge in [0.2, 0.25) is 0 Å². The van der Waals surface area contributed by atoms with E-state index in [1.807, 2.05) is 14.1 Å². The molecule has 124 valence electrons. The van der Waals surface area contributed by atoms with Crippen LogP contribution in [0.25, 0.3) is 0 Å². The molecule has 0 amide bonds. The monoisotopic (exact) mass is 304 g/mol. The Morgan fingerprint density at radius 3 is 1.81 bits per heavy atom. The van der Waals surface area contributed by atoms with Crippen LogP contribution in [0.15, 0.2) is 17.6 Å². The molecule has 0 rings (SSSR count). The molecule has 0 aromatic carbocycles. The van der Waals surface area contributed by atoms with E-state index in [-0.39, 0.29) is 6.04 Å². The van der Waals surface area contributed by atoms with Gasteiger partial charge < -0.3 is 20.8 Å². The van der Waals surface area contributed by atoms with Gasteiger partial charge in [-0.3, -0.25) is 14.5 Å². The van der Waals surface area contributed by atoms with Crippen molar-refractivity contribution in [2.75, 3.05) is 34.7 Å². The van der Waals surface area contributed by atoms with Crippen molar-refractivity contribution in [3.05, 3.63) is 12.7 Å². The second kappa shape index (κ2) is 14.3. The van der Waals surface area contributed by atoms with Crippen LogP contribution in [0.2, 0.25) is 0 Å². The summed E-state index contributed by atoms with van der Waals surface area (Å²) in [6.07, 6.45) is 1.70. The van der Waals surface area contributed by atoms with Gasteiger partial charge in [0.15, 0.2) is 5.96 Å². The zero-order valence-electron chi connectivity index (χ0n) is 13.7. The van der Waals surface area contributed by atoms with Crippen molar-refractivity contribution in [3.63, 3.8) is 0 Å². The summed E-state index contributed by atoms with van der Waals surface area (Å²) in [5.74, 6) is -1.08. The van der Waals surface area contributed by atoms with Crippen LogP contribution in [0, 0.1) is 0 Å². The lowest BCUT2D eigenvalue weighted by Crippen LogP contribution is -2.32. The van der Waals surface area contributed by atoms with Crippen LogP contribution in [0.1, 0.15) is 13.8 Å². The number of carboxylic acids is 2. The Kier molecular flexibility index (Phi) is 16.3. The van der Waals surface area contributed by atoms with Crippen LogP contribution in [-0.2, 0) is 9.59 Å². The summed E-state index contributed by atoms with van der Waals surface area (Å²) in [6.45, 7) is 6.82. The fourth-order valence-electron chi connectivity index (χ4n) is 0.520. The lowest BCUT2D eigenvalue weighted by Gasteiger charge is -2.13. The number of carbonyl (C=O) groups is 2. The van der Waals surface area contributed by atoms with Gasteiger partial charge in [0, 0.05) is 21.0 Å². The number of rotatable bonds is 4. The Morgan fingerprint density at radius 2 is 1.67 bits per heavy atom. The maximum Gasteiger partial charge on any atom is 0.320 e. The molecule has 21 heavy (non-hydrogen) atoms. The standard InChI is InChI=1S/C6H13N3.C5H11NO2.C2H4O2/c1-4-5-8-6(7)9(2)3;1-4(5(7)8)6(2)3;1-2(3)4/h4H,1,5H2,2-3H3,(H2,7,8);4H,1-3H3,(H,7,8);1H3,(H,3,4). The molecule has 1 unspecified atom stereocenters. The van der Waals surface area contributed by atoms with Gasteiger partial charge in [0.05, 0.1) is 6.54 Å². The molecule has 0 aromatic rings. The molecule has 0 fully saturated rings. The number of carboxylic acid groups (broad SMARTS) is 2. The van der Waals surface area contributed by atoms with E-state index in [2.05, 4.69) is 11.6 Å². The second-order valence-corrected chi connectivity index (χ2v) is 4.38. The van der Waals surface area contributed by atoms with Crippen molar-refractivity contribution in [2.24, 2.45) is 10.7 Å². The average Bonchev–Trinajstić information content (AvgIpc) is 2.34. The predicted molar refractivity (Wildman–Crippen MR) is 84.5 cm³/mol. The number of aliphatic imine (C=N–C) groups is 1. The Hall–Kier alpha value is -2.09. The lowest BCUT2D eigenvalue weighted by atomic mass is 10.3. The van der Waals surface area contributed by atoms with Crippen molar-refractivity contribution in [1.29, 1.82) is 0 Å². The zero-order valence-corrected chi connectivity index (χ0v) is 13.7. The van der Waals surface area contributed by atoms with Crippen LogP contribution in [0.3, 0.4) is 0 Å². The van der Waals surface area contributed by atoms with Crippen LogP contribution < -0.4 is 5.73 Å². The first-order chi connectivity index (χ1) is 9.47. The molecule has 8 heteroatoms. The molecule has 0 aliphatic carbocycles. The van der Waals surface area contributed by atoms with Gasteiger partial charge in [0.1, 0.15) is 6.04 Å². The summed E-state index contributed by atoms with van der Waals surface area (Å²) in [7, 11) is 7.17. The van der Waals surface area contributed by atoms with Crippen LogP contribution in [-0.4, -0.2) is 78.7 Å². The smallest absolute Gasteiger partial charge is 0.320 e. The second-order valence-electron chi connectivity index (χ2n) is 4.38. The number of aliphatic carboxylic acids is 2. The molecule has 8 nitrogen and oxygen atoms in total. The van der Waals surface area contributed by atoms with Gasteiger partial charge in [-0.05, 0) is 21.0 Å². The molecule has 0 radical (unpaired) electrons. The highest BCUT2D eigenvalue weighted by molar-refractivity contribution is 5.77. The summed E-state index contributed by atoms with van der Waals surface area (Å²) >= 11 is 0. The van der Waals surface area contributed by atoms with Gasteiger partial charge >= 0.3 is 5.97 Å². The number of hydrogen-bond donors (Lipinski definition) is 3. The summed E-state index contributed by atoms with van der Waals surface area (Å²) in [5.41, 5.74) is 5.43. The predicted octanol–water partition coefficient (Wildman–Crippen LogP) is 0.161. The maximum atomic E-state index is 10.1. The van der Waals surface area contributed by atoms with Crippen LogP contribution in [0.4, 0.5) is 0 Å². The number of hydrogen-bond acceptors (Lipinski definition) is 4. The Morgan fingerprint density at radius 1 is 1.29 bits per heavy atom. The molecule has 0 heterocycles. The first-order valence-electron chi connectivity index (χ1n) is 6.14. The van der Waals surface area contributed by atoms with E-state index in [9.17, 15) is 4.79 Å². The first-order valence-corrected chi connectivity index (χ1v) is 6.14. The van der Waals surface area contributed by atoms with Crippen LogP contribution >= 0.6 is 0 Å². The highest BCUT2D eigenvalue weighted by Crippen LogP contribution is 1.88.